The molecule has 1 aliphatic heterocycles. The zero-order valence-corrected chi connectivity index (χ0v) is 12.1. The fourth-order valence-electron chi connectivity index (χ4n) is 2.60. The number of nitrogens with zero attached hydrogens (tertiary/aromatic N) is 1. The maximum absolute atomic E-state index is 12.2. The fourth-order valence-corrected chi connectivity index (χ4v) is 2.60. The average Bonchev–Trinajstić information content (AvgIpc) is 2.98. The first kappa shape index (κ1) is 14.6. The number of hydrogen-bond acceptors (Lipinski definition) is 3. The van der Waals surface area contributed by atoms with Crippen molar-refractivity contribution in [1.82, 2.24) is 4.90 Å². The molecule has 1 aliphatic rings. The van der Waals surface area contributed by atoms with Gasteiger partial charge < -0.3 is 9.64 Å². The lowest BCUT2D eigenvalue weighted by molar-refractivity contribution is -0.132. The van der Waals surface area contributed by atoms with Crippen LogP contribution in [0.2, 0.25) is 0 Å². The van der Waals surface area contributed by atoms with E-state index in [-0.39, 0.29) is 24.0 Å². The maximum Gasteiger partial charge on any atom is 0.223 e. The van der Waals surface area contributed by atoms with Gasteiger partial charge in [-0.3, -0.25) is 9.59 Å². The molecule has 20 heavy (non-hydrogen) atoms. The molecule has 0 N–H and O–H groups in total. The normalized spacial score (nSPS) is 16.0. The van der Waals surface area contributed by atoms with Crippen LogP contribution in [0.1, 0.15) is 37.7 Å². The minimum atomic E-state index is -0.353. The number of hydrogen-bond donors (Lipinski definition) is 0. The van der Waals surface area contributed by atoms with Crippen LogP contribution >= 0.6 is 0 Å². The molecule has 0 bridgehead atoms. The molecule has 1 amide bonds. The van der Waals surface area contributed by atoms with Crippen molar-refractivity contribution in [2.75, 3.05) is 20.2 Å². The molecule has 0 aliphatic carbocycles. The number of amides is 1. The van der Waals surface area contributed by atoms with Crippen molar-refractivity contribution in [3.05, 3.63) is 29.8 Å². The molecule has 1 atom stereocenters. The van der Waals surface area contributed by atoms with Gasteiger partial charge in [0.1, 0.15) is 11.5 Å². The van der Waals surface area contributed by atoms with Crippen LogP contribution < -0.4 is 4.74 Å². The van der Waals surface area contributed by atoms with Gasteiger partial charge in [0.2, 0.25) is 5.91 Å². The topological polar surface area (TPSA) is 46.6 Å². The lowest BCUT2D eigenvalue weighted by atomic mass is 9.91. The lowest BCUT2D eigenvalue weighted by Crippen LogP contribution is -2.30. The van der Waals surface area contributed by atoms with Crippen molar-refractivity contribution in [3.8, 4) is 5.75 Å². The molecule has 0 radical (unpaired) electrons. The zero-order chi connectivity index (χ0) is 14.5. The second kappa shape index (κ2) is 6.55. The summed E-state index contributed by atoms with van der Waals surface area (Å²) in [5, 5.41) is 0. The Morgan fingerprint density at radius 1 is 1.20 bits per heavy atom. The molecule has 1 aromatic carbocycles. The Kier molecular flexibility index (Phi) is 4.77. The molecule has 4 nitrogen and oxygen atoms in total. The van der Waals surface area contributed by atoms with E-state index in [9.17, 15) is 9.59 Å². The Hall–Kier alpha value is -1.84. The largest absolute Gasteiger partial charge is 0.497 e. The number of carbonyl (C=O) groups excluding carboxylic acids is 2. The molecule has 1 aromatic rings. The van der Waals surface area contributed by atoms with Gasteiger partial charge in [0, 0.05) is 19.5 Å². The second-order valence-corrected chi connectivity index (χ2v) is 5.23. The quantitative estimate of drug-likeness (QED) is 0.829. The lowest BCUT2D eigenvalue weighted by Gasteiger charge is -2.19. The summed E-state index contributed by atoms with van der Waals surface area (Å²) in [4.78, 5) is 25.9. The van der Waals surface area contributed by atoms with E-state index in [1.165, 1.54) is 0 Å². The summed E-state index contributed by atoms with van der Waals surface area (Å²) < 4.78 is 5.11. The summed E-state index contributed by atoms with van der Waals surface area (Å²) in [7, 11) is 1.61. The van der Waals surface area contributed by atoms with Crippen molar-refractivity contribution >= 4 is 11.7 Å². The van der Waals surface area contributed by atoms with E-state index in [0.717, 1.165) is 37.2 Å². The minimum absolute atomic E-state index is 0.0303. The first-order valence-electron chi connectivity index (χ1n) is 7.04. The highest BCUT2D eigenvalue weighted by Gasteiger charge is 2.25. The number of likely N-dealkylation sites (tertiary alicyclic amines) is 1. The molecular weight excluding hydrogens is 254 g/mol. The van der Waals surface area contributed by atoms with Crippen molar-refractivity contribution < 1.29 is 14.3 Å². The summed E-state index contributed by atoms with van der Waals surface area (Å²) in [6.07, 6.45) is 2.40. The number of Topliss-reactive ketones (excluding diaryl/α,β-unsaturated/α-hetero) is 1. The summed E-state index contributed by atoms with van der Waals surface area (Å²) in [5.74, 6) is 0.511. The Morgan fingerprint density at radius 3 is 2.30 bits per heavy atom. The summed E-state index contributed by atoms with van der Waals surface area (Å²) in [5.41, 5.74) is 0.880. The molecule has 1 heterocycles. The number of methoxy groups -OCH3 is 1. The Bertz CT molecular complexity index is 475. The van der Waals surface area contributed by atoms with E-state index in [0.29, 0.717) is 0 Å². The van der Waals surface area contributed by atoms with E-state index in [1.807, 2.05) is 29.2 Å². The molecule has 0 spiro atoms. The van der Waals surface area contributed by atoms with Crippen LogP contribution in [-0.4, -0.2) is 36.8 Å². The van der Waals surface area contributed by atoms with E-state index >= 15 is 0 Å². The molecule has 2 rings (SSSR count). The molecule has 108 valence electrons. The predicted octanol–water partition coefficient (Wildman–Crippen LogP) is 2.38. The Morgan fingerprint density at radius 2 is 1.80 bits per heavy atom. The predicted molar refractivity (Wildman–Crippen MR) is 76.8 cm³/mol. The standard InChI is InChI=1S/C16H21NO3/c1-12(18)15(11-16(19)17-9-3-4-10-17)13-5-7-14(20-2)8-6-13/h5-8,15H,3-4,9-11H2,1-2H3. The first-order valence-corrected chi connectivity index (χ1v) is 7.04. The monoisotopic (exact) mass is 275 g/mol. The van der Waals surface area contributed by atoms with Crippen LogP contribution in [0.25, 0.3) is 0 Å². The van der Waals surface area contributed by atoms with Gasteiger partial charge in [0.05, 0.1) is 13.0 Å². The average molecular weight is 275 g/mol. The van der Waals surface area contributed by atoms with Crippen LogP contribution in [0, 0.1) is 0 Å². The second-order valence-electron chi connectivity index (χ2n) is 5.23. The van der Waals surface area contributed by atoms with Crippen LogP contribution in [0.5, 0.6) is 5.75 Å². The highest BCUT2D eigenvalue weighted by Crippen LogP contribution is 2.25. The van der Waals surface area contributed by atoms with E-state index in [2.05, 4.69) is 0 Å². The molecule has 0 aromatic heterocycles. The summed E-state index contributed by atoms with van der Waals surface area (Å²) in [6, 6.07) is 7.38. The fraction of sp³-hybridized carbons (Fsp3) is 0.500. The highest BCUT2D eigenvalue weighted by molar-refractivity contribution is 5.89. The smallest absolute Gasteiger partial charge is 0.223 e. The number of ether oxygens (including phenoxy) is 1. The number of rotatable bonds is 5. The van der Waals surface area contributed by atoms with Crippen molar-refractivity contribution in [3.63, 3.8) is 0 Å². The van der Waals surface area contributed by atoms with Crippen molar-refractivity contribution in [1.29, 1.82) is 0 Å². The van der Waals surface area contributed by atoms with E-state index in [4.69, 9.17) is 4.74 Å². The summed E-state index contributed by atoms with van der Waals surface area (Å²) in [6.45, 7) is 3.20. The van der Waals surface area contributed by atoms with E-state index in [1.54, 1.807) is 14.0 Å². The van der Waals surface area contributed by atoms with Gasteiger partial charge in [-0.25, -0.2) is 0 Å². The summed E-state index contributed by atoms with van der Waals surface area (Å²) >= 11 is 0. The minimum Gasteiger partial charge on any atom is -0.497 e. The van der Waals surface area contributed by atoms with Gasteiger partial charge in [0.25, 0.3) is 0 Å². The van der Waals surface area contributed by atoms with Gasteiger partial charge in [-0.15, -0.1) is 0 Å². The van der Waals surface area contributed by atoms with Gasteiger partial charge in [-0.2, -0.15) is 0 Å². The molecule has 4 heteroatoms. The SMILES string of the molecule is COc1ccc(C(CC(=O)N2CCCC2)C(C)=O)cc1. The van der Waals surface area contributed by atoms with Crippen molar-refractivity contribution in [2.24, 2.45) is 0 Å². The van der Waals surface area contributed by atoms with Gasteiger partial charge >= 0.3 is 0 Å². The van der Waals surface area contributed by atoms with Gasteiger partial charge in [0.15, 0.2) is 0 Å². The zero-order valence-electron chi connectivity index (χ0n) is 12.1. The molecule has 1 unspecified atom stereocenters. The van der Waals surface area contributed by atoms with Crippen LogP contribution in [0.4, 0.5) is 0 Å². The third-order valence-corrected chi connectivity index (χ3v) is 3.85. The number of carbonyl (C=O) groups is 2. The molecule has 1 fully saturated rings. The third-order valence-electron chi connectivity index (χ3n) is 3.85. The third kappa shape index (κ3) is 3.38. The van der Waals surface area contributed by atoms with Crippen LogP contribution in [-0.2, 0) is 9.59 Å². The Labute approximate surface area is 119 Å². The van der Waals surface area contributed by atoms with E-state index < -0.39 is 0 Å². The maximum atomic E-state index is 12.2. The molecule has 1 saturated heterocycles. The highest BCUT2D eigenvalue weighted by atomic mass is 16.5. The molecule has 0 saturated carbocycles. The van der Waals surface area contributed by atoms with Gasteiger partial charge in [-0.05, 0) is 37.5 Å². The molecular formula is C16H21NO3. The van der Waals surface area contributed by atoms with Crippen LogP contribution in [0.15, 0.2) is 24.3 Å². The number of ketones is 1. The number of benzene rings is 1. The van der Waals surface area contributed by atoms with Crippen LogP contribution in [0.3, 0.4) is 0 Å². The Balaban J connectivity index is 2.09. The first-order chi connectivity index (χ1) is 9.61. The van der Waals surface area contributed by atoms with Crippen molar-refractivity contribution in [2.45, 2.75) is 32.1 Å². The van der Waals surface area contributed by atoms with Gasteiger partial charge in [-0.1, -0.05) is 12.1 Å².